The van der Waals surface area contributed by atoms with Crippen molar-refractivity contribution in [3.05, 3.63) is 46.2 Å². The number of rotatable bonds is 6. The van der Waals surface area contributed by atoms with Crippen molar-refractivity contribution < 1.29 is 14.3 Å². The SMILES string of the molecule is CCOc1ccccc1OCC(=O)N1CCc2sccc2C1CC. The molecule has 1 aromatic heterocycles. The molecule has 0 spiro atoms. The van der Waals surface area contributed by atoms with Crippen LogP contribution >= 0.6 is 11.3 Å². The quantitative estimate of drug-likeness (QED) is 0.792. The molecule has 24 heavy (non-hydrogen) atoms. The van der Waals surface area contributed by atoms with E-state index in [1.807, 2.05) is 36.1 Å². The van der Waals surface area contributed by atoms with Crippen LogP contribution in [0.2, 0.25) is 0 Å². The van der Waals surface area contributed by atoms with Crippen LogP contribution in [0.1, 0.15) is 36.8 Å². The molecular formula is C19H23NO3S. The van der Waals surface area contributed by atoms with Crippen molar-refractivity contribution in [2.45, 2.75) is 32.7 Å². The Bertz CT molecular complexity index is 697. The third-order valence-electron chi connectivity index (χ3n) is 4.30. The third kappa shape index (κ3) is 3.41. The van der Waals surface area contributed by atoms with Gasteiger partial charge in [0, 0.05) is 11.4 Å². The van der Waals surface area contributed by atoms with Gasteiger partial charge < -0.3 is 14.4 Å². The summed E-state index contributed by atoms with van der Waals surface area (Å²) in [4.78, 5) is 16.1. The van der Waals surface area contributed by atoms with Crippen molar-refractivity contribution in [1.29, 1.82) is 0 Å². The standard InChI is InChI=1S/C19H23NO3S/c1-3-15-14-10-12-24-18(14)9-11-20(15)19(21)13-23-17-8-6-5-7-16(17)22-4-2/h5-8,10,12,15H,3-4,9,11,13H2,1-2H3. The number of hydrogen-bond acceptors (Lipinski definition) is 4. The Labute approximate surface area is 147 Å². The van der Waals surface area contributed by atoms with Crippen LogP contribution in [-0.2, 0) is 11.2 Å². The molecule has 0 fully saturated rings. The van der Waals surface area contributed by atoms with Crippen LogP contribution in [-0.4, -0.2) is 30.6 Å². The van der Waals surface area contributed by atoms with Crippen LogP contribution in [0.5, 0.6) is 11.5 Å². The maximum Gasteiger partial charge on any atom is 0.261 e. The van der Waals surface area contributed by atoms with Crippen molar-refractivity contribution in [1.82, 2.24) is 4.90 Å². The highest BCUT2D eigenvalue weighted by molar-refractivity contribution is 7.10. The molecule has 1 aliphatic rings. The van der Waals surface area contributed by atoms with E-state index < -0.39 is 0 Å². The third-order valence-corrected chi connectivity index (χ3v) is 5.30. The molecule has 0 N–H and O–H groups in total. The predicted octanol–water partition coefficient (Wildman–Crippen LogP) is 4.06. The Balaban J connectivity index is 1.67. The molecule has 4 nitrogen and oxygen atoms in total. The van der Waals surface area contributed by atoms with E-state index in [2.05, 4.69) is 18.4 Å². The van der Waals surface area contributed by atoms with Crippen LogP contribution in [0.4, 0.5) is 0 Å². The van der Waals surface area contributed by atoms with Gasteiger partial charge in [-0.25, -0.2) is 0 Å². The van der Waals surface area contributed by atoms with E-state index in [4.69, 9.17) is 9.47 Å². The molecule has 0 saturated heterocycles. The molecule has 0 saturated carbocycles. The number of fused-ring (bicyclic) bond motifs is 1. The summed E-state index contributed by atoms with van der Waals surface area (Å²) in [6.07, 6.45) is 1.86. The summed E-state index contributed by atoms with van der Waals surface area (Å²) in [7, 11) is 0. The average Bonchev–Trinajstić information content (AvgIpc) is 3.08. The van der Waals surface area contributed by atoms with Gasteiger partial charge >= 0.3 is 0 Å². The maximum atomic E-state index is 12.7. The first kappa shape index (κ1) is 16.8. The lowest BCUT2D eigenvalue weighted by Crippen LogP contribution is -2.41. The van der Waals surface area contributed by atoms with E-state index in [0.29, 0.717) is 18.1 Å². The van der Waals surface area contributed by atoms with E-state index in [0.717, 1.165) is 19.4 Å². The van der Waals surface area contributed by atoms with Gasteiger partial charge in [0.05, 0.1) is 12.6 Å². The number of carbonyl (C=O) groups is 1. The van der Waals surface area contributed by atoms with E-state index in [1.165, 1.54) is 10.4 Å². The summed E-state index contributed by atoms with van der Waals surface area (Å²) in [6, 6.07) is 9.79. The Hall–Kier alpha value is -2.01. The van der Waals surface area contributed by atoms with Gasteiger partial charge in [0.2, 0.25) is 0 Å². The second-order valence-electron chi connectivity index (χ2n) is 5.73. The van der Waals surface area contributed by atoms with Crippen LogP contribution in [0.3, 0.4) is 0 Å². The average molecular weight is 345 g/mol. The maximum absolute atomic E-state index is 12.7. The van der Waals surface area contributed by atoms with Gasteiger partial charge in [0.25, 0.3) is 5.91 Å². The fourth-order valence-electron chi connectivity index (χ4n) is 3.20. The van der Waals surface area contributed by atoms with Crippen LogP contribution < -0.4 is 9.47 Å². The number of thiophene rings is 1. The lowest BCUT2D eigenvalue weighted by atomic mass is 9.98. The fourth-order valence-corrected chi connectivity index (χ4v) is 4.13. The number of para-hydroxylation sites is 2. The first-order valence-corrected chi connectivity index (χ1v) is 9.32. The summed E-state index contributed by atoms with van der Waals surface area (Å²) in [5.41, 5.74) is 1.30. The van der Waals surface area contributed by atoms with Crippen LogP contribution in [0, 0.1) is 0 Å². The first-order chi connectivity index (χ1) is 11.7. The van der Waals surface area contributed by atoms with Crippen molar-refractivity contribution >= 4 is 17.2 Å². The number of hydrogen-bond donors (Lipinski definition) is 0. The number of benzene rings is 1. The lowest BCUT2D eigenvalue weighted by molar-refractivity contribution is -0.136. The van der Waals surface area contributed by atoms with Crippen molar-refractivity contribution in [2.75, 3.05) is 19.8 Å². The van der Waals surface area contributed by atoms with E-state index >= 15 is 0 Å². The predicted molar refractivity (Wildman–Crippen MR) is 95.9 cm³/mol. The second-order valence-corrected chi connectivity index (χ2v) is 6.73. The molecule has 0 aliphatic carbocycles. The Morgan fingerprint density at radius 2 is 1.96 bits per heavy atom. The molecule has 1 atom stereocenters. The van der Waals surface area contributed by atoms with Crippen molar-refractivity contribution in [3.8, 4) is 11.5 Å². The highest BCUT2D eigenvalue weighted by Gasteiger charge is 2.30. The zero-order chi connectivity index (χ0) is 16.9. The number of carbonyl (C=O) groups excluding carboxylic acids is 1. The highest BCUT2D eigenvalue weighted by atomic mass is 32.1. The Morgan fingerprint density at radius 3 is 2.67 bits per heavy atom. The Morgan fingerprint density at radius 1 is 1.21 bits per heavy atom. The molecule has 1 unspecified atom stereocenters. The molecule has 0 bridgehead atoms. The summed E-state index contributed by atoms with van der Waals surface area (Å²) in [6.45, 7) is 5.43. The number of ether oxygens (including phenoxy) is 2. The largest absolute Gasteiger partial charge is 0.490 e. The fraction of sp³-hybridized carbons (Fsp3) is 0.421. The van der Waals surface area contributed by atoms with Gasteiger partial charge in [0.1, 0.15) is 0 Å². The molecule has 1 aliphatic heterocycles. The topological polar surface area (TPSA) is 38.8 Å². The minimum absolute atomic E-state index is 0.0324. The van der Waals surface area contributed by atoms with E-state index in [9.17, 15) is 4.79 Å². The summed E-state index contributed by atoms with van der Waals surface area (Å²) in [5.74, 6) is 1.33. The van der Waals surface area contributed by atoms with E-state index in [-0.39, 0.29) is 18.6 Å². The molecule has 2 aromatic rings. The zero-order valence-corrected chi connectivity index (χ0v) is 15.0. The molecule has 2 heterocycles. The Kier molecular flexibility index (Phi) is 5.41. The summed E-state index contributed by atoms with van der Waals surface area (Å²) in [5, 5.41) is 2.12. The van der Waals surface area contributed by atoms with Gasteiger partial charge in [-0.05, 0) is 48.9 Å². The monoisotopic (exact) mass is 345 g/mol. The van der Waals surface area contributed by atoms with E-state index in [1.54, 1.807) is 11.3 Å². The molecule has 3 rings (SSSR count). The minimum atomic E-state index is 0.0324. The van der Waals surface area contributed by atoms with Crippen molar-refractivity contribution in [3.63, 3.8) is 0 Å². The van der Waals surface area contributed by atoms with Gasteiger partial charge in [-0.3, -0.25) is 4.79 Å². The van der Waals surface area contributed by atoms with Crippen LogP contribution in [0.15, 0.2) is 35.7 Å². The van der Waals surface area contributed by atoms with Crippen molar-refractivity contribution in [2.24, 2.45) is 0 Å². The van der Waals surface area contributed by atoms with Gasteiger partial charge in [-0.1, -0.05) is 19.1 Å². The van der Waals surface area contributed by atoms with Gasteiger partial charge in [-0.15, -0.1) is 11.3 Å². The van der Waals surface area contributed by atoms with Crippen LogP contribution in [0.25, 0.3) is 0 Å². The molecule has 0 radical (unpaired) electrons. The summed E-state index contributed by atoms with van der Waals surface area (Å²) >= 11 is 1.79. The molecule has 5 heteroatoms. The molecular weight excluding hydrogens is 322 g/mol. The second kappa shape index (κ2) is 7.71. The first-order valence-electron chi connectivity index (χ1n) is 8.45. The molecule has 1 amide bonds. The zero-order valence-electron chi connectivity index (χ0n) is 14.2. The normalized spacial score (nSPS) is 16.6. The lowest BCUT2D eigenvalue weighted by Gasteiger charge is -2.35. The molecule has 1 aromatic carbocycles. The smallest absolute Gasteiger partial charge is 0.261 e. The number of amides is 1. The number of nitrogens with zero attached hydrogens (tertiary/aromatic N) is 1. The molecule has 128 valence electrons. The summed E-state index contributed by atoms with van der Waals surface area (Å²) < 4.78 is 11.3. The highest BCUT2D eigenvalue weighted by Crippen LogP contribution is 2.35. The van der Waals surface area contributed by atoms with Gasteiger partial charge in [-0.2, -0.15) is 0 Å². The minimum Gasteiger partial charge on any atom is -0.490 e. The van der Waals surface area contributed by atoms with Gasteiger partial charge in [0.15, 0.2) is 18.1 Å².